The molecule has 0 aromatic carbocycles. The van der Waals surface area contributed by atoms with Crippen molar-refractivity contribution < 1.29 is 14.3 Å². The molecule has 2 fully saturated rings. The molecule has 0 aromatic rings. The lowest BCUT2D eigenvalue weighted by Crippen LogP contribution is -2.49. The molecule has 2 aliphatic rings. The maximum Gasteiger partial charge on any atom is 0.407 e. The average molecular weight is 410 g/mol. The van der Waals surface area contributed by atoms with Gasteiger partial charge in [-0.15, -0.1) is 0 Å². The summed E-state index contributed by atoms with van der Waals surface area (Å²) in [5.41, 5.74) is -0.514. The van der Waals surface area contributed by atoms with Gasteiger partial charge in [0, 0.05) is 33.2 Å². The van der Waals surface area contributed by atoms with E-state index in [9.17, 15) is 9.59 Å². The molecule has 8 heteroatoms. The summed E-state index contributed by atoms with van der Waals surface area (Å²) in [6.45, 7) is 9.40. The predicted molar refractivity (Wildman–Crippen MR) is 115 cm³/mol. The largest absolute Gasteiger partial charge is 0.444 e. The summed E-state index contributed by atoms with van der Waals surface area (Å²) in [6.07, 6.45) is 5.26. The van der Waals surface area contributed by atoms with Crippen LogP contribution in [0.2, 0.25) is 0 Å². The lowest BCUT2D eigenvalue weighted by Gasteiger charge is -2.33. The van der Waals surface area contributed by atoms with Crippen LogP contribution in [0.3, 0.4) is 0 Å². The second kappa shape index (κ2) is 10.2. The van der Waals surface area contributed by atoms with Gasteiger partial charge in [-0.2, -0.15) is 0 Å². The Balaban J connectivity index is 2.01. The summed E-state index contributed by atoms with van der Waals surface area (Å²) < 4.78 is 5.37. The van der Waals surface area contributed by atoms with Crippen molar-refractivity contribution in [2.75, 3.05) is 33.7 Å². The molecule has 1 aliphatic heterocycles. The number of nitrogens with zero attached hydrogens (tertiary/aromatic N) is 3. The Kier molecular flexibility index (Phi) is 8.16. The molecule has 2 amide bonds. The van der Waals surface area contributed by atoms with Crippen LogP contribution in [0, 0.1) is 5.92 Å². The zero-order valence-corrected chi connectivity index (χ0v) is 19.0. The Morgan fingerprint density at radius 3 is 2.45 bits per heavy atom. The molecule has 0 bridgehead atoms. The molecule has 1 saturated heterocycles. The third kappa shape index (κ3) is 7.74. The highest BCUT2D eigenvalue weighted by Crippen LogP contribution is 2.24. The molecule has 0 radical (unpaired) electrons. The van der Waals surface area contributed by atoms with Gasteiger partial charge in [0.25, 0.3) is 0 Å². The fourth-order valence-corrected chi connectivity index (χ4v) is 3.76. The molecule has 1 aliphatic carbocycles. The molecular formula is C21H39N5O3. The van der Waals surface area contributed by atoms with Crippen molar-refractivity contribution in [1.82, 2.24) is 20.4 Å². The highest BCUT2D eigenvalue weighted by molar-refractivity contribution is 5.85. The molecule has 0 aromatic heterocycles. The Labute approximate surface area is 175 Å². The minimum atomic E-state index is -0.514. The van der Waals surface area contributed by atoms with Crippen molar-refractivity contribution in [2.24, 2.45) is 10.9 Å². The Bertz CT molecular complexity index is 600. The van der Waals surface area contributed by atoms with E-state index in [-0.39, 0.29) is 24.6 Å². The van der Waals surface area contributed by atoms with E-state index in [1.165, 1.54) is 19.3 Å². The second-order valence-electron chi connectivity index (χ2n) is 9.52. The van der Waals surface area contributed by atoms with E-state index in [1.807, 2.05) is 20.8 Å². The normalized spacial score (nSPS) is 25.5. The quantitative estimate of drug-likeness (QED) is 0.549. The molecule has 2 N–H and O–H groups in total. The van der Waals surface area contributed by atoms with Gasteiger partial charge in [0.15, 0.2) is 5.96 Å². The van der Waals surface area contributed by atoms with Gasteiger partial charge >= 0.3 is 6.09 Å². The van der Waals surface area contributed by atoms with E-state index < -0.39 is 5.60 Å². The number of likely N-dealkylation sites (N-methyl/N-ethyl adjacent to an activating group) is 1. The van der Waals surface area contributed by atoms with E-state index in [4.69, 9.17) is 4.74 Å². The standard InChI is InChI=1S/C21H39N5O3/c1-15-9-7-8-10-17(15)24-19(22-13-18(27)25(5)6)26-12-11-16(14-26)23-20(28)29-21(2,3)4/h15-17H,7-14H2,1-6H3,(H,22,24)(H,23,28). The molecule has 166 valence electrons. The van der Waals surface area contributed by atoms with E-state index in [0.717, 1.165) is 25.3 Å². The van der Waals surface area contributed by atoms with Gasteiger partial charge in [0.05, 0.1) is 6.04 Å². The maximum atomic E-state index is 12.1. The fourth-order valence-electron chi connectivity index (χ4n) is 3.76. The van der Waals surface area contributed by atoms with Crippen LogP contribution in [0.25, 0.3) is 0 Å². The van der Waals surface area contributed by atoms with Crippen LogP contribution in [0.4, 0.5) is 4.79 Å². The van der Waals surface area contributed by atoms with Crippen LogP contribution in [-0.2, 0) is 9.53 Å². The number of amides is 2. The molecule has 1 saturated carbocycles. The number of hydrogen-bond acceptors (Lipinski definition) is 4. The van der Waals surface area contributed by atoms with Crippen LogP contribution in [0.5, 0.6) is 0 Å². The van der Waals surface area contributed by atoms with Gasteiger partial charge in [0.1, 0.15) is 12.1 Å². The van der Waals surface area contributed by atoms with Gasteiger partial charge in [0.2, 0.25) is 5.91 Å². The predicted octanol–water partition coefficient (Wildman–Crippen LogP) is 2.20. The van der Waals surface area contributed by atoms with E-state index >= 15 is 0 Å². The van der Waals surface area contributed by atoms with Gasteiger partial charge in [-0.25, -0.2) is 9.79 Å². The first-order valence-corrected chi connectivity index (χ1v) is 10.8. The third-order valence-corrected chi connectivity index (χ3v) is 5.50. The summed E-state index contributed by atoms with van der Waals surface area (Å²) in [5, 5.41) is 6.57. The molecular weight excluding hydrogens is 370 g/mol. The van der Waals surface area contributed by atoms with Crippen LogP contribution < -0.4 is 10.6 Å². The first-order valence-electron chi connectivity index (χ1n) is 10.8. The average Bonchev–Trinajstić information content (AvgIpc) is 3.06. The summed E-state index contributed by atoms with van der Waals surface area (Å²) >= 11 is 0. The lowest BCUT2D eigenvalue weighted by molar-refractivity contribution is -0.127. The van der Waals surface area contributed by atoms with Gasteiger partial charge in [-0.3, -0.25) is 4.79 Å². The highest BCUT2D eigenvalue weighted by Gasteiger charge is 2.30. The number of carbonyl (C=O) groups excluding carboxylic acids is 2. The van der Waals surface area contributed by atoms with Crippen LogP contribution in [0.15, 0.2) is 4.99 Å². The van der Waals surface area contributed by atoms with Gasteiger partial charge < -0.3 is 25.2 Å². The number of nitrogens with one attached hydrogen (secondary N) is 2. The van der Waals surface area contributed by atoms with Crippen LogP contribution in [-0.4, -0.2) is 79.2 Å². The van der Waals surface area contributed by atoms with Crippen molar-refractivity contribution in [3.05, 3.63) is 0 Å². The van der Waals surface area contributed by atoms with Crippen molar-refractivity contribution in [1.29, 1.82) is 0 Å². The van der Waals surface area contributed by atoms with E-state index in [0.29, 0.717) is 18.5 Å². The summed E-state index contributed by atoms with van der Waals surface area (Å²) in [5.74, 6) is 1.33. The van der Waals surface area contributed by atoms with Gasteiger partial charge in [-0.1, -0.05) is 19.8 Å². The van der Waals surface area contributed by atoms with Crippen molar-refractivity contribution >= 4 is 18.0 Å². The summed E-state index contributed by atoms with van der Waals surface area (Å²) in [4.78, 5) is 32.5. The lowest BCUT2D eigenvalue weighted by atomic mass is 9.86. The zero-order valence-electron chi connectivity index (χ0n) is 19.0. The number of aliphatic imine (C=N–C) groups is 1. The van der Waals surface area contributed by atoms with Crippen molar-refractivity contribution in [2.45, 2.75) is 77.5 Å². The first kappa shape index (κ1) is 23.3. The van der Waals surface area contributed by atoms with Crippen LogP contribution >= 0.6 is 0 Å². The van der Waals surface area contributed by atoms with E-state index in [1.54, 1.807) is 19.0 Å². The topological polar surface area (TPSA) is 86.3 Å². The van der Waals surface area contributed by atoms with Gasteiger partial charge in [-0.05, 0) is 46.0 Å². The number of carbonyl (C=O) groups is 2. The number of ether oxygens (including phenoxy) is 1. The summed E-state index contributed by atoms with van der Waals surface area (Å²) in [7, 11) is 3.48. The molecule has 2 rings (SSSR count). The number of alkyl carbamates (subject to hydrolysis) is 1. The van der Waals surface area contributed by atoms with Crippen LogP contribution in [0.1, 0.15) is 59.8 Å². The van der Waals surface area contributed by atoms with Crippen molar-refractivity contribution in [3.63, 3.8) is 0 Å². The number of hydrogen-bond donors (Lipinski definition) is 2. The molecule has 0 spiro atoms. The second-order valence-corrected chi connectivity index (χ2v) is 9.52. The maximum absolute atomic E-state index is 12.1. The molecule has 3 unspecified atom stereocenters. The number of likely N-dealkylation sites (tertiary alicyclic amines) is 1. The number of guanidine groups is 1. The SMILES string of the molecule is CC1CCCCC1NC(=NCC(=O)N(C)C)N1CCC(NC(=O)OC(C)(C)C)C1. The minimum Gasteiger partial charge on any atom is -0.444 e. The smallest absolute Gasteiger partial charge is 0.407 e. The zero-order chi connectivity index (χ0) is 21.6. The fraction of sp³-hybridized carbons (Fsp3) is 0.857. The Morgan fingerprint density at radius 2 is 1.83 bits per heavy atom. The molecule has 8 nitrogen and oxygen atoms in total. The molecule has 1 heterocycles. The van der Waals surface area contributed by atoms with Crippen molar-refractivity contribution in [3.8, 4) is 0 Å². The van der Waals surface area contributed by atoms with E-state index in [2.05, 4.69) is 27.4 Å². The summed E-state index contributed by atoms with van der Waals surface area (Å²) in [6, 6.07) is 0.375. The highest BCUT2D eigenvalue weighted by atomic mass is 16.6. The monoisotopic (exact) mass is 409 g/mol. The third-order valence-electron chi connectivity index (χ3n) is 5.50. The molecule has 29 heavy (non-hydrogen) atoms. The Morgan fingerprint density at radius 1 is 1.14 bits per heavy atom. The Hall–Kier alpha value is -1.99. The minimum absolute atomic E-state index is 0.00480. The number of rotatable bonds is 4. The first-order chi connectivity index (χ1) is 13.5. The molecule has 3 atom stereocenters.